The number of anilines is 1. The Morgan fingerprint density at radius 3 is 2.96 bits per heavy atom. The van der Waals surface area contributed by atoms with Crippen LogP contribution in [0.4, 0.5) is 5.69 Å². The van der Waals surface area contributed by atoms with Crippen molar-refractivity contribution in [1.29, 1.82) is 0 Å². The van der Waals surface area contributed by atoms with Crippen molar-refractivity contribution in [1.82, 2.24) is 15.0 Å². The van der Waals surface area contributed by atoms with Gasteiger partial charge in [-0.15, -0.1) is 0 Å². The highest BCUT2D eigenvalue weighted by Gasteiger charge is 2.33. The Labute approximate surface area is 132 Å². The summed E-state index contributed by atoms with van der Waals surface area (Å²) in [4.78, 5) is 18.3. The van der Waals surface area contributed by atoms with E-state index in [9.17, 15) is 4.79 Å². The number of fused-ring (bicyclic) bond motifs is 1. The number of ether oxygens (including phenoxy) is 2. The topological polar surface area (TPSA) is 89.7 Å². The summed E-state index contributed by atoms with van der Waals surface area (Å²) in [5.74, 6) is 2.79. The quantitative estimate of drug-likeness (QED) is 0.904. The van der Waals surface area contributed by atoms with Crippen LogP contribution in [0.2, 0.25) is 0 Å². The van der Waals surface area contributed by atoms with Crippen molar-refractivity contribution in [3.63, 3.8) is 0 Å². The number of nitrogens with one attached hydrogen (secondary N) is 1. The Hall–Kier alpha value is -2.61. The Bertz CT molecular complexity index is 739. The number of hydrogen-bond acceptors (Lipinski definition) is 7. The number of likely N-dealkylation sites (tertiary alicyclic amines) is 1. The number of carbonyl (C=O) groups excluding carboxylic acids is 1. The predicted molar refractivity (Wildman–Crippen MR) is 79.4 cm³/mol. The predicted octanol–water partition coefficient (Wildman–Crippen LogP) is 1.14. The van der Waals surface area contributed by atoms with Gasteiger partial charge in [0.25, 0.3) is 0 Å². The molecular weight excluding hydrogens is 300 g/mol. The first kappa shape index (κ1) is 14.0. The third kappa shape index (κ3) is 2.85. The molecule has 1 fully saturated rings. The van der Waals surface area contributed by atoms with E-state index >= 15 is 0 Å². The van der Waals surface area contributed by atoms with Crippen LogP contribution in [-0.4, -0.2) is 47.4 Å². The molecule has 1 amide bonds. The molecule has 0 unspecified atom stereocenters. The number of aryl methyl sites for hydroxylation is 1. The van der Waals surface area contributed by atoms with E-state index in [1.54, 1.807) is 25.1 Å². The van der Waals surface area contributed by atoms with Gasteiger partial charge in [0.2, 0.25) is 18.6 Å². The second-order valence-corrected chi connectivity index (χ2v) is 5.69. The van der Waals surface area contributed by atoms with E-state index in [0.29, 0.717) is 35.4 Å². The van der Waals surface area contributed by atoms with Crippen LogP contribution in [0.25, 0.3) is 0 Å². The van der Waals surface area contributed by atoms with E-state index in [1.165, 1.54) is 0 Å². The van der Waals surface area contributed by atoms with Gasteiger partial charge in [0.1, 0.15) is 0 Å². The largest absolute Gasteiger partial charge is 0.454 e. The van der Waals surface area contributed by atoms with Crippen molar-refractivity contribution in [2.75, 3.05) is 31.7 Å². The monoisotopic (exact) mass is 316 g/mol. The number of amides is 1. The molecule has 2 aromatic rings. The Kier molecular flexibility index (Phi) is 3.38. The van der Waals surface area contributed by atoms with E-state index in [4.69, 9.17) is 14.0 Å². The number of hydrogen-bond donors (Lipinski definition) is 1. The first-order valence-corrected chi connectivity index (χ1v) is 7.39. The van der Waals surface area contributed by atoms with Crippen LogP contribution < -0.4 is 14.8 Å². The third-order valence-corrected chi connectivity index (χ3v) is 3.87. The summed E-state index contributed by atoms with van der Waals surface area (Å²) in [6.07, 6.45) is 0. The highest BCUT2D eigenvalue weighted by molar-refractivity contribution is 5.92. The summed E-state index contributed by atoms with van der Waals surface area (Å²) < 4.78 is 15.7. The highest BCUT2D eigenvalue weighted by Crippen LogP contribution is 2.34. The number of rotatable bonds is 4. The van der Waals surface area contributed by atoms with Gasteiger partial charge in [-0.1, -0.05) is 5.16 Å². The molecule has 2 aliphatic rings. The highest BCUT2D eigenvalue weighted by atomic mass is 16.7. The summed E-state index contributed by atoms with van der Waals surface area (Å²) in [6, 6.07) is 5.35. The smallest absolute Gasteiger partial charge is 0.238 e. The molecule has 0 radical (unpaired) electrons. The minimum Gasteiger partial charge on any atom is -0.454 e. The molecule has 1 aromatic carbocycles. The van der Waals surface area contributed by atoms with Gasteiger partial charge >= 0.3 is 0 Å². The standard InChI is InChI=1S/C15H16N4O4/c1-9-16-15(23-18-9)10-5-19(6-10)7-14(20)17-11-2-3-12-13(4-11)22-8-21-12/h2-4,10H,5-8H2,1H3,(H,17,20). The zero-order valence-electron chi connectivity index (χ0n) is 12.6. The number of nitrogens with zero attached hydrogens (tertiary/aromatic N) is 3. The molecule has 120 valence electrons. The van der Waals surface area contributed by atoms with Gasteiger partial charge in [-0.2, -0.15) is 4.98 Å². The maximum atomic E-state index is 12.1. The van der Waals surface area contributed by atoms with E-state index in [0.717, 1.165) is 13.1 Å². The molecule has 0 aliphatic carbocycles. The van der Waals surface area contributed by atoms with E-state index in [1.807, 2.05) is 4.90 Å². The second kappa shape index (κ2) is 5.54. The lowest BCUT2D eigenvalue weighted by atomic mass is 10.0. The molecule has 23 heavy (non-hydrogen) atoms. The van der Waals surface area contributed by atoms with Crippen LogP contribution in [0.1, 0.15) is 17.6 Å². The van der Waals surface area contributed by atoms with Crippen LogP contribution in [0.5, 0.6) is 11.5 Å². The van der Waals surface area contributed by atoms with Crippen LogP contribution >= 0.6 is 0 Å². The Morgan fingerprint density at radius 1 is 1.35 bits per heavy atom. The summed E-state index contributed by atoms with van der Waals surface area (Å²) >= 11 is 0. The van der Waals surface area contributed by atoms with Crippen molar-refractivity contribution >= 4 is 11.6 Å². The fourth-order valence-corrected chi connectivity index (χ4v) is 2.71. The third-order valence-electron chi connectivity index (χ3n) is 3.87. The fourth-order valence-electron chi connectivity index (χ4n) is 2.71. The van der Waals surface area contributed by atoms with Gasteiger partial charge in [0.15, 0.2) is 17.3 Å². The molecule has 0 saturated carbocycles. The minimum atomic E-state index is -0.0657. The van der Waals surface area contributed by atoms with Gasteiger partial charge in [-0.05, 0) is 19.1 Å². The van der Waals surface area contributed by atoms with Crippen molar-refractivity contribution in [2.24, 2.45) is 0 Å². The minimum absolute atomic E-state index is 0.0657. The molecule has 8 heteroatoms. The van der Waals surface area contributed by atoms with Gasteiger partial charge in [-0.3, -0.25) is 9.69 Å². The van der Waals surface area contributed by atoms with Crippen LogP contribution in [0.15, 0.2) is 22.7 Å². The van der Waals surface area contributed by atoms with E-state index < -0.39 is 0 Å². The van der Waals surface area contributed by atoms with Crippen molar-refractivity contribution < 1.29 is 18.8 Å². The molecule has 4 rings (SSSR count). The summed E-state index contributed by atoms with van der Waals surface area (Å²) in [5.41, 5.74) is 0.698. The van der Waals surface area contributed by atoms with Crippen molar-refractivity contribution in [3.8, 4) is 11.5 Å². The Morgan fingerprint density at radius 2 is 2.17 bits per heavy atom. The lowest BCUT2D eigenvalue weighted by Crippen LogP contribution is -2.48. The summed E-state index contributed by atoms with van der Waals surface area (Å²) in [5, 5.41) is 6.65. The average Bonchev–Trinajstić information content (AvgIpc) is 3.10. The first-order valence-electron chi connectivity index (χ1n) is 7.39. The van der Waals surface area contributed by atoms with Crippen LogP contribution in [0, 0.1) is 6.92 Å². The second-order valence-electron chi connectivity index (χ2n) is 5.69. The van der Waals surface area contributed by atoms with Gasteiger partial charge in [0, 0.05) is 24.8 Å². The first-order chi connectivity index (χ1) is 11.2. The fraction of sp³-hybridized carbons (Fsp3) is 0.400. The molecule has 2 aliphatic heterocycles. The molecular formula is C15H16N4O4. The van der Waals surface area contributed by atoms with E-state index in [-0.39, 0.29) is 18.6 Å². The van der Waals surface area contributed by atoms with Crippen molar-refractivity contribution in [3.05, 3.63) is 29.9 Å². The SMILES string of the molecule is Cc1noc(C2CN(CC(=O)Nc3ccc4c(c3)OCO4)C2)n1. The maximum Gasteiger partial charge on any atom is 0.238 e. The zero-order chi connectivity index (χ0) is 15.8. The number of carbonyl (C=O) groups is 1. The molecule has 1 saturated heterocycles. The summed E-state index contributed by atoms with van der Waals surface area (Å²) in [6.45, 7) is 3.84. The Balaban J connectivity index is 1.28. The normalized spacial score (nSPS) is 17.1. The molecule has 1 aromatic heterocycles. The molecule has 8 nitrogen and oxygen atoms in total. The zero-order valence-corrected chi connectivity index (χ0v) is 12.6. The molecule has 0 bridgehead atoms. The lowest BCUT2D eigenvalue weighted by Gasteiger charge is -2.36. The molecule has 3 heterocycles. The number of aromatic nitrogens is 2. The van der Waals surface area contributed by atoms with Gasteiger partial charge in [-0.25, -0.2) is 0 Å². The van der Waals surface area contributed by atoms with Crippen LogP contribution in [-0.2, 0) is 4.79 Å². The maximum absolute atomic E-state index is 12.1. The summed E-state index contributed by atoms with van der Waals surface area (Å²) in [7, 11) is 0. The average molecular weight is 316 g/mol. The van der Waals surface area contributed by atoms with Crippen LogP contribution in [0.3, 0.4) is 0 Å². The van der Waals surface area contributed by atoms with E-state index in [2.05, 4.69) is 15.5 Å². The molecule has 1 N–H and O–H groups in total. The molecule has 0 atom stereocenters. The van der Waals surface area contributed by atoms with Crippen molar-refractivity contribution in [2.45, 2.75) is 12.8 Å². The molecule has 0 spiro atoms. The van der Waals surface area contributed by atoms with Gasteiger partial charge < -0.3 is 19.3 Å². The van der Waals surface area contributed by atoms with Gasteiger partial charge in [0.05, 0.1) is 12.5 Å². The number of benzene rings is 1. The lowest BCUT2D eigenvalue weighted by molar-refractivity contribution is -0.118.